The molecular weight excluding hydrogens is 308 g/mol. The van der Waals surface area contributed by atoms with Gasteiger partial charge in [-0.3, -0.25) is 0 Å². The van der Waals surface area contributed by atoms with Crippen LogP contribution in [0.1, 0.15) is 25.7 Å². The Balaban J connectivity index is 1.78. The minimum Gasteiger partial charge on any atom is -0.393 e. The van der Waals surface area contributed by atoms with Gasteiger partial charge in [-0.25, -0.2) is 0 Å². The standard InChI is InChI=1S/C19H22OS2/c20-18-14-8-7-13-17(18)19(21-15-9-3-1-4-10-15)22-16-11-5-2-6-12-16/h1-6,9-12,17-20H,7-8,13-14H2. The van der Waals surface area contributed by atoms with Crippen LogP contribution in [0.5, 0.6) is 0 Å². The average molecular weight is 331 g/mol. The summed E-state index contributed by atoms with van der Waals surface area (Å²) in [4.78, 5) is 2.57. The van der Waals surface area contributed by atoms with Gasteiger partial charge in [-0.15, -0.1) is 23.5 Å². The van der Waals surface area contributed by atoms with Crippen LogP contribution in [0.2, 0.25) is 0 Å². The summed E-state index contributed by atoms with van der Waals surface area (Å²) in [6, 6.07) is 21.1. The van der Waals surface area contributed by atoms with Crippen molar-refractivity contribution < 1.29 is 5.11 Å². The normalized spacial score (nSPS) is 21.9. The number of rotatable bonds is 5. The maximum absolute atomic E-state index is 10.5. The predicted octanol–water partition coefficient (Wildman–Crippen LogP) is 5.45. The fourth-order valence-corrected chi connectivity index (χ4v) is 5.93. The number of aliphatic hydroxyl groups excluding tert-OH is 1. The first-order valence-corrected chi connectivity index (χ1v) is 9.70. The Morgan fingerprint density at radius 1 is 0.773 bits per heavy atom. The molecule has 2 unspecified atom stereocenters. The quantitative estimate of drug-likeness (QED) is 0.581. The molecule has 1 N–H and O–H groups in total. The molecule has 2 atom stereocenters. The van der Waals surface area contributed by atoms with Crippen LogP contribution >= 0.6 is 23.5 Å². The van der Waals surface area contributed by atoms with Crippen LogP contribution in [-0.2, 0) is 0 Å². The van der Waals surface area contributed by atoms with Gasteiger partial charge in [0.1, 0.15) is 0 Å². The van der Waals surface area contributed by atoms with Crippen LogP contribution in [0.3, 0.4) is 0 Å². The molecule has 0 aliphatic heterocycles. The molecule has 3 rings (SSSR count). The monoisotopic (exact) mass is 330 g/mol. The lowest BCUT2D eigenvalue weighted by molar-refractivity contribution is 0.0781. The van der Waals surface area contributed by atoms with Crippen molar-refractivity contribution in [1.29, 1.82) is 0 Å². The van der Waals surface area contributed by atoms with Crippen LogP contribution < -0.4 is 0 Å². The summed E-state index contributed by atoms with van der Waals surface area (Å²) in [7, 11) is 0. The number of thioether (sulfide) groups is 2. The Hall–Kier alpha value is -0.900. The van der Waals surface area contributed by atoms with Crippen LogP contribution in [0, 0.1) is 5.92 Å². The van der Waals surface area contributed by atoms with Gasteiger partial charge in [0, 0.05) is 15.7 Å². The summed E-state index contributed by atoms with van der Waals surface area (Å²) >= 11 is 3.79. The van der Waals surface area contributed by atoms with E-state index in [0.717, 1.165) is 19.3 Å². The van der Waals surface area contributed by atoms with Crippen LogP contribution in [-0.4, -0.2) is 15.8 Å². The highest BCUT2D eigenvalue weighted by Crippen LogP contribution is 2.44. The van der Waals surface area contributed by atoms with Crippen LogP contribution in [0.15, 0.2) is 70.5 Å². The van der Waals surface area contributed by atoms with Crippen LogP contribution in [0.4, 0.5) is 0 Å². The van der Waals surface area contributed by atoms with Gasteiger partial charge in [-0.1, -0.05) is 49.2 Å². The van der Waals surface area contributed by atoms with E-state index in [0.29, 0.717) is 10.5 Å². The van der Waals surface area contributed by atoms with Crippen molar-refractivity contribution in [2.75, 3.05) is 0 Å². The zero-order valence-corrected chi connectivity index (χ0v) is 14.2. The van der Waals surface area contributed by atoms with E-state index < -0.39 is 0 Å². The number of aliphatic hydroxyl groups is 1. The summed E-state index contributed by atoms with van der Waals surface area (Å²) in [6.07, 6.45) is 4.32. The van der Waals surface area contributed by atoms with Gasteiger partial charge >= 0.3 is 0 Å². The molecule has 1 aliphatic rings. The summed E-state index contributed by atoms with van der Waals surface area (Å²) in [5, 5.41) is 10.5. The second kappa shape index (κ2) is 8.09. The lowest BCUT2D eigenvalue weighted by atomic mass is 9.88. The van der Waals surface area contributed by atoms with Crippen molar-refractivity contribution >= 4 is 23.5 Å². The zero-order chi connectivity index (χ0) is 15.2. The highest BCUT2D eigenvalue weighted by molar-refractivity contribution is 8.17. The Morgan fingerprint density at radius 3 is 1.77 bits per heavy atom. The number of hydrogen-bond donors (Lipinski definition) is 1. The molecule has 1 aliphatic carbocycles. The molecule has 1 nitrogen and oxygen atoms in total. The third-order valence-electron chi connectivity index (χ3n) is 4.12. The van der Waals surface area contributed by atoms with E-state index in [4.69, 9.17) is 0 Å². The Bertz CT molecular complexity index is 517. The fourth-order valence-electron chi connectivity index (χ4n) is 2.92. The second-order valence-corrected chi connectivity index (χ2v) is 8.47. The molecule has 1 saturated carbocycles. The van der Waals surface area contributed by atoms with Crippen LogP contribution in [0.25, 0.3) is 0 Å². The zero-order valence-electron chi connectivity index (χ0n) is 12.6. The van der Waals surface area contributed by atoms with Gasteiger partial charge in [0.15, 0.2) is 0 Å². The Labute approximate surface area is 141 Å². The fraction of sp³-hybridized carbons (Fsp3) is 0.368. The van der Waals surface area contributed by atoms with Crippen molar-refractivity contribution in [3.8, 4) is 0 Å². The van der Waals surface area contributed by atoms with E-state index in [2.05, 4.69) is 60.7 Å². The first-order valence-electron chi connectivity index (χ1n) is 7.94. The van der Waals surface area contributed by atoms with Crippen molar-refractivity contribution in [2.45, 2.75) is 46.2 Å². The van der Waals surface area contributed by atoms with E-state index in [-0.39, 0.29) is 6.10 Å². The lowest BCUT2D eigenvalue weighted by Crippen LogP contribution is -2.31. The number of benzene rings is 2. The van der Waals surface area contributed by atoms with Crippen molar-refractivity contribution in [3.63, 3.8) is 0 Å². The van der Waals surface area contributed by atoms with E-state index >= 15 is 0 Å². The molecular formula is C19H22OS2. The summed E-state index contributed by atoms with van der Waals surface area (Å²) < 4.78 is 0.361. The van der Waals surface area contributed by atoms with Crippen molar-refractivity contribution in [3.05, 3.63) is 60.7 Å². The summed E-state index contributed by atoms with van der Waals surface area (Å²) in [5.41, 5.74) is 0. The van der Waals surface area contributed by atoms with E-state index in [1.165, 1.54) is 16.2 Å². The van der Waals surface area contributed by atoms with Gasteiger partial charge in [0.25, 0.3) is 0 Å². The lowest BCUT2D eigenvalue weighted by Gasteiger charge is -2.33. The van der Waals surface area contributed by atoms with E-state index in [1.807, 2.05) is 23.5 Å². The van der Waals surface area contributed by atoms with Crippen molar-refractivity contribution in [2.24, 2.45) is 5.92 Å². The van der Waals surface area contributed by atoms with Gasteiger partial charge in [0.05, 0.1) is 10.7 Å². The third kappa shape index (κ3) is 4.31. The molecule has 3 heteroatoms. The predicted molar refractivity (Wildman–Crippen MR) is 96.4 cm³/mol. The maximum Gasteiger partial charge on any atom is 0.0649 e. The third-order valence-corrected chi connectivity index (χ3v) is 6.95. The van der Waals surface area contributed by atoms with Crippen molar-refractivity contribution in [1.82, 2.24) is 0 Å². The average Bonchev–Trinajstić information content (AvgIpc) is 2.57. The van der Waals surface area contributed by atoms with Gasteiger partial charge in [-0.05, 0) is 37.1 Å². The maximum atomic E-state index is 10.5. The SMILES string of the molecule is OC1CCCCC1C(Sc1ccccc1)Sc1ccccc1. The van der Waals surface area contributed by atoms with Gasteiger partial charge < -0.3 is 5.11 Å². The highest BCUT2D eigenvalue weighted by atomic mass is 32.2. The molecule has 116 valence electrons. The van der Waals surface area contributed by atoms with Gasteiger partial charge in [-0.2, -0.15) is 0 Å². The Kier molecular flexibility index (Phi) is 5.88. The molecule has 0 spiro atoms. The molecule has 0 bridgehead atoms. The molecule has 2 aromatic rings. The van der Waals surface area contributed by atoms with E-state index in [9.17, 15) is 5.11 Å². The Morgan fingerprint density at radius 2 is 1.27 bits per heavy atom. The molecule has 2 aromatic carbocycles. The minimum absolute atomic E-state index is 0.161. The molecule has 22 heavy (non-hydrogen) atoms. The minimum atomic E-state index is -0.161. The number of hydrogen-bond acceptors (Lipinski definition) is 3. The molecule has 0 aromatic heterocycles. The summed E-state index contributed by atoms with van der Waals surface area (Å²) in [6.45, 7) is 0. The molecule has 0 radical (unpaired) electrons. The largest absolute Gasteiger partial charge is 0.393 e. The smallest absolute Gasteiger partial charge is 0.0649 e. The molecule has 0 amide bonds. The topological polar surface area (TPSA) is 20.2 Å². The molecule has 0 heterocycles. The second-order valence-electron chi connectivity index (χ2n) is 5.75. The summed E-state index contributed by atoms with van der Waals surface area (Å²) in [5.74, 6) is 0.365. The van der Waals surface area contributed by atoms with E-state index in [1.54, 1.807) is 0 Å². The first-order chi connectivity index (χ1) is 10.8. The van der Waals surface area contributed by atoms with Gasteiger partial charge in [0.2, 0.25) is 0 Å². The first kappa shape index (κ1) is 16.0. The molecule has 0 saturated heterocycles. The molecule has 1 fully saturated rings. The highest BCUT2D eigenvalue weighted by Gasteiger charge is 2.32.